The minimum absolute atomic E-state index is 0.0518. The van der Waals surface area contributed by atoms with Crippen LogP contribution < -0.4 is 4.72 Å². The maximum atomic E-state index is 12.2. The van der Waals surface area contributed by atoms with Gasteiger partial charge in [0.05, 0.1) is 12.3 Å². The van der Waals surface area contributed by atoms with E-state index in [1.54, 1.807) is 0 Å². The summed E-state index contributed by atoms with van der Waals surface area (Å²) in [7, 11) is -3.58. The Morgan fingerprint density at radius 3 is 3.10 bits per heavy atom. The molecule has 1 saturated heterocycles. The van der Waals surface area contributed by atoms with E-state index in [4.69, 9.17) is 9.84 Å². The van der Waals surface area contributed by atoms with Crippen LogP contribution in [0.15, 0.2) is 17.3 Å². The number of hydrogen-bond acceptors (Lipinski definition) is 5. The van der Waals surface area contributed by atoms with Crippen LogP contribution in [0.4, 0.5) is 0 Å². The van der Waals surface area contributed by atoms with Gasteiger partial charge in [-0.05, 0) is 26.2 Å². The maximum absolute atomic E-state index is 12.2. The molecule has 2 heterocycles. The zero-order valence-corrected chi connectivity index (χ0v) is 12.3. The number of nitrogens with one attached hydrogen (secondary N) is 1. The van der Waals surface area contributed by atoms with Gasteiger partial charge in [0.2, 0.25) is 10.0 Å². The van der Waals surface area contributed by atoms with Gasteiger partial charge < -0.3 is 9.84 Å². The van der Waals surface area contributed by atoms with Gasteiger partial charge in [0.1, 0.15) is 4.90 Å². The third-order valence-electron chi connectivity index (χ3n) is 3.33. The molecule has 0 spiro atoms. The van der Waals surface area contributed by atoms with Gasteiger partial charge >= 0.3 is 0 Å². The predicted molar refractivity (Wildman–Crippen MR) is 72.7 cm³/mol. The average Bonchev–Trinajstić information content (AvgIpc) is 3.07. The first kappa shape index (κ1) is 15.4. The first-order chi connectivity index (χ1) is 9.53. The molecule has 0 amide bonds. The second-order valence-electron chi connectivity index (χ2n) is 4.98. The molecule has 1 fully saturated rings. The van der Waals surface area contributed by atoms with Gasteiger partial charge in [-0.1, -0.05) is 0 Å². The number of nitrogens with zero attached hydrogens (tertiary/aromatic N) is 2. The highest BCUT2D eigenvalue weighted by molar-refractivity contribution is 7.89. The summed E-state index contributed by atoms with van der Waals surface area (Å²) in [6.45, 7) is 3.04. The van der Waals surface area contributed by atoms with Crippen LogP contribution >= 0.6 is 0 Å². The smallest absolute Gasteiger partial charge is 0.244 e. The molecule has 2 rings (SSSR count). The molecule has 0 aromatic carbocycles. The first-order valence-electron chi connectivity index (χ1n) is 6.80. The minimum atomic E-state index is -3.58. The lowest BCUT2D eigenvalue weighted by Crippen LogP contribution is -2.40. The van der Waals surface area contributed by atoms with Gasteiger partial charge in [0.15, 0.2) is 0 Å². The number of rotatable bonds is 7. The zero-order chi connectivity index (χ0) is 14.6. The van der Waals surface area contributed by atoms with E-state index in [1.165, 1.54) is 17.1 Å². The summed E-state index contributed by atoms with van der Waals surface area (Å²) in [5.74, 6) is 0. The molecule has 7 nitrogen and oxygen atoms in total. The van der Waals surface area contributed by atoms with Crippen molar-refractivity contribution in [2.45, 2.75) is 49.8 Å². The highest BCUT2D eigenvalue weighted by Crippen LogP contribution is 2.17. The minimum Gasteiger partial charge on any atom is -0.396 e. The molecule has 1 aliphatic heterocycles. The lowest BCUT2D eigenvalue weighted by molar-refractivity contribution is 0.0902. The van der Waals surface area contributed by atoms with Crippen LogP contribution in [0.1, 0.15) is 26.2 Å². The number of hydrogen-bond donors (Lipinski definition) is 2. The average molecular weight is 303 g/mol. The van der Waals surface area contributed by atoms with Crippen molar-refractivity contribution in [3.63, 3.8) is 0 Å². The molecule has 8 heteroatoms. The Labute approximate surface area is 119 Å². The molecule has 2 unspecified atom stereocenters. The fourth-order valence-electron chi connectivity index (χ4n) is 2.22. The fourth-order valence-corrected chi connectivity index (χ4v) is 3.45. The summed E-state index contributed by atoms with van der Waals surface area (Å²) < 4.78 is 34.1. The van der Waals surface area contributed by atoms with E-state index in [2.05, 4.69) is 9.82 Å². The Hall–Kier alpha value is -0.960. The van der Waals surface area contributed by atoms with E-state index in [9.17, 15) is 8.42 Å². The molecule has 0 radical (unpaired) electrons. The Morgan fingerprint density at radius 1 is 1.65 bits per heavy atom. The van der Waals surface area contributed by atoms with Crippen molar-refractivity contribution in [1.82, 2.24) is 14.5 Å². The van der Waals surface area contributed by atoms with E-state index in [0.29, 0.717) is 19.6 Å². The Kier molecular flexibility index (Phi) is 5.14. The molecule has 1 aromatic heterocycles. The van der Waals surface area contributed by atoms with Gasteiger partial charge in [-0.2, -0.15) is 5.10 Å². The van der Waals surface area contributed by atoms with Crippen LogP contribution in [0.2, 0.25) is 0 Å². The van der Waals surface area contributed by atoms with Gasteiger partial charge in [-0.3, -0.25) is 4.68 Å². The van der Waals surface area contributed by atoms with Crippen molar-refractivity contribution in [1.29, 1.82) is 0 Å². The summed E-state index contributed by atoms with van der Waals surface area (Å²) in [5.41, 5.74) is 0. The second kappa shape index (κ2) is 6.66. The van der Waals surface area contributed by atoms with Crippen molar-refractivity contribution in [2.75, 3.05) is 13.2 Å². The molecule has 0 aliphatic carbocycles. The van der Waals surface area contributed by atoms with Crippen molar-refractivity contribution in [3.05, 3.63) is 12.4 Å². The number of sulfonamides is 1. The molecular formula is C12H21N3O4S. The van der Waals surface area contributed by atoms with Crippen molar-refractivity contribution in [2.24, 2.45) is 0 Å². The van der Waals surface area contributed by atoms with E-state index in [-0.39, 0.29) is 23.6 Å². The summed E-state index contributed by atoms with van der Waals surface area (Å²) in [6.07, 6.45) is 5.12. The predicted octanol–water partition coefficient (Wildman–Crippen LogP) is 0.111. The van der Waals surface area contributed by atoms with Crippen LogP contribution in [0, 0.1) is 0 Å². The van der Waals surface area contributed by atoms with Gasteiger partial charge in [0, 0.05) is 32.0 Å². The fraction of sp³-hybridized carbons (Fsp3) is 0.750. The van der Waals surface area contributed by atoms with Crippen molar-refractivity contribution in [3.8, 4) is 0 Å². The summed E-state index contributed by atoms with van der Waals surface area (Å²) in [6, 6.07) is -0.261. The number of aryl methyl sites for hydroxylation is 1. The Morgan fingerprint density at radius 2 is 2.45 bits per heavy atom. The molecule has 2 atom stereocenters. The van der Waals surface area contributed by atoms with E-state index in [0.717, 1.165) is 12.8 Å². The van der Waals surface area contributed by atoms with Crippen molar-refractivity contribution >= 4 is 10.0 Å². The van der Waals surface area contributed by atoms with Gasteiger partial charge in [-0.15, -0.1) is 0 Å². The van der Waals surface area contributed by atoms with Crippen molar-refractivity contribution < 1.29 is 18.3 Å². The first-order valence-corrected chi connectivity index (χ1v) is 8.28. The van der Waals surface area contributed by atoms with Crippen LogP contribution in [-0.4, -0.2) is 48.7 Å². The quantitative estimate of drug-likeness (QED) is 0.746. The molecular weight excluding hydrogens is 282 g/mol. The monoisotopic (exact) mass is 303 g/mol. The molecule has 1 aromatic rings. The van der Waals surface area contributed by atoms with E-state index < -0.39 is 10.0 Å². The SMILES string of the molecule is CC(NS(=O)(=O)c1cnn(CCCO)c1)C1CCCO1. The summed E-state index contributed by atoms with van der Waals surface area (Å²) >= 11 is 0. The number of aliphatic hydroxyl groups is 1. The highest BCUT2D eigenvalue weighted by atomic mass is 32.2. The number of aliphatic hydroxyl groups excluding tert-OH is 1. The van der Waals surface area contributed by atoms with Crippen LogP contribution in [-0.2, 0) is 21.3 Å². The highest BCUT2D eigenvalue weighted by Gasteiger charge is 2.27. The van der Waals surface area contributed by atoms with Gasteiger partial charge in [-0.25, -0.2) is 13.1 Å². The lowest BCUT2D eigenvalue weighted by Gasteiger charge is -2.19. The topological polar surface area (TPSA) is 93.5 Å². The summed E-state index contributed by atoms with van der Waals surface area (Å²) in [5, 5.41) is 12.7. The summed E-state index contributed by atoms with van der Waals surface area (Å²) in [4.78, 5) is 0.139. The van der Waals surface area contributed by atoms with E-state index >= 15 is 0 Å². The molecule has 0 bridgehead atoms. The third-order valence-corrected chi connectivity index (χ3v) is 4.84. The van der Waals surface area contributed by atoms with Crippen LogP contribution in [0.25, 0.3) is 0 Å². The van der Waals surface area contributed by atoms with Crippen LogP contribution in [0.5, 0.6) is 0 Å². The normalized spacial score (nSPS) is 21.2. The molecule has 114 valence electrons. The standard InChI is InChI=1S/C12H21N3O4S/c1-10(12-4-2-7-19-12)14-20(17,18)11-8-13-15(9-11)5-3-6-16/h8-10,12,14,16H,2-7H2,1H3. The largest absolute Gasteiger partial charge is 0.396 e. The third kappa shape index (κ3) is 3.78. The molecule has 0 saturated carbocycles. The lowest BCUT2D eigenvalue weighted by atomic mass is 10.1. The molecule has 1 aliphatic rings. The molecule has 20 heavy (non-hydrogen) atoms. The Balaban J connectivity index is 2.00. The van der Waals surface area contributed by atoms with E-state index in [1.807, 2.05) is 6.92 Å². The second-order valence-corrected chi connectivity index (χ2v) is 6.69. The Bertz CT molecular complexity index is 523. The van der Waals surface area contributed by atoms with Crippen LogP contribution in [0.3, 0.4) is 0 Å². The van der Waals surface area contributed by atoms with Gasteiger partial charge in [0.25, 0.3) is 0 Å². The maximum Gasteiger partial charge on any atom is 0.244 e. The number of ether oxygens (including phenoxy) is 1. The zero-order valence-electron chi connectivity index (χ0n) is 11.5. The molecule has 2 N–H and O–H groups in total. The number of aromatic nitrogens is 2.